The fourth-order valence-electron chi connectivity index (χ4n) is 3.30. The molecule has 0 heterocycles. The molecule has 0 aliphatic heterocycles. The quantitative estimate of drug-likeness (QED) is 0.281. The molecule has 0 saturated heterocycles. The number of carbonyl (C=O) groups excluding carboxylic acids is 3. The Kier molecular flexibility index (Phi) is 9.41. The Hall–Kier alpha value is -4.37. The van der Waals surface area contributed by atoms with Crippen LogP contribution in [0, 0.1) is 0 Å². The van der Waals surface area contributed by atoms with E-state index in [-0.39, 0.29) is 30.0 Å². The lowest BCUT2D eigenvalue weighted by molar-refractivity contribution is -0.137. The number of halogens is 1. The summed E-state index contributed by atoms with van der Waals surface area (Å²) in [4.78, 5) is 48.0. The van der Waals surface area contributed by atoms with Crippen molar-refractivity contribution < 1.29 is 24.3 Å². The fraction of sp³-hybridized carbons (Fsp3) is 0.154. The average molecular weight is 509 g/mol. The minimum atomic E-state index is -0.968. The normalized spacial score (nSPS) is 10.2. The maximum absolute atomic E-state index is 12.6. The van der Waals surface area contributed by atoms with Gasteiger partial charge in [-0.05, 0) is 41.8 Å². The number of urea groups is 1. The zero-order valence-corrected chi connectivity index (χ0v) is 20.0. The summed E-state index contributed by atoms with van der Waals surface area (Å²) in [5.41, 5.74) is 2.51. The van der Waals surface area contributed by atoms with Gasteiger partial charge >= 0.3 is 12.0 Å². The summed E-state index contributed by atoms with van der Waals surface area (Å²) in [5.74, 6) is -2.00. The fourth-order valence-corrected chi connectivity index (χ4v) is 3.54. The van der Waals surface area contributed by atoms with E-state index in [1.165, 1.54) is 6.07 Å². The average Bonchev–Trinajstić information content (AvgIpc) is 2.87. The van der Waals surface area contributed by atoms with Gasteiger partial charge in [-0.25, -0.2) is 4.79 Å². The van der Waals surface area contributed by atoms with Crippen LogP contribution in [0.15, 0.2) is 72.8 Å². The molecular formula is C26H25ClN4O5. The van der Waals surface area contributed by atoms with Crippen molar-refractivity contribution in [2.45, 2.75) is 19.4 Å². The number of rotatable bonds is 10. The van der Waals surface area contributed by atoms with E-state index in [0.717, 1.165) is 5.56 Å². The van der Waals surface area contributed by atoms with Crippen LogP contribution in [0.2, 0.25) is 5.02 Å². The van der Waals surface area contributed by atoms with Gasteiger partial charge < -0.3 is 26.4 Å². The summed E-state index contributed by atoms with van der Waals surface area (Å²) < 4.78 is 0. The van der Waals surface area contributed by atoms with Crippen molar-refractivity contribution in [3.05, 3.63) is 94.5 Å². The highest BCUT2D eigenvalue weighted by Crippen LogP contribution is 2.27. The summed E-state index contributed by atoms with van der Waals surface area (Å²) in [7, 11) is 0. The summed E-state index contributed by atoms with van der Waals surface area (Å²) in [6.07, 6.45) is 0.0746. The topological polar surface area (TPSA) is 137 Å². The number of carboxylic acid groups (broad SMARTS) is 1. The predicted molar refractivity (Wildman–Crippen MR) is 137 cm³/mol. The molecule has 0 fully saturated rings. The smallest absolute Gasteiger partial charge is 0.319 e. The van der Waals surface area contributed by atoms with Crippen molar-refractivity contribution in [2.75, 3.05) is 17.2 Å². The summed E-state index contributed by atoms with van der Waals surface area (Å²) in [6, 6.07) is 20.2. The van der Waals surface area contributed by atoms with E-state index < -0.39 is 23.8 Å². The third-order valence-corrected chi connectivity index (χ3v) is 5.38. The Bertz CT molecular complexity index is 1250. The van der Waals surface area contributed by atoms with Crippen molar-refractivity contribution in [1.29, 1.82) is 0 Å². The molecule has 3 rings (SSSR count). The number of hydrogen-bond acceptors (Lipinski definition) is 4. The number of benzene rings is 3. The number of anilines is 2. The molecule has 0 bridgehead atoms. The predicted octanol–water partition coefficient (Wildman–Crippen LogP) is 4.05. The third-order valence-electron chi connectivity index (χ3n) is 5.06. The van der Waals surface area contributed by atoms with E-state index in [1.807, 2.05) is 30.3 Å². The lowest BCUT2D eigenvalue weighted by atomic mass is 10.1. The lowest BCUT2D eigenvalue weighted by Crippen LogP contribution is -2.33. The second-order valence-corrected chi connectivity index (χ2v) is 8.18. The molecule has 9 nitrogen and oxygen atoms in total. The number of hydrogen-bond donors (Lipinski definition) is 5. The zero-order chi connectivity index (χ0) is 25.9. The van der Waals surface area contributed by atoms with Crippen LogP contribution in [0.1, 0.15) is 27.9 Å². The van der Waals surface area contributed by atoms with Crippen LogP contribution in [0.5, 0.6) is 0 Å². The second-order valence-electron chi connectivity index (χ2n) is 7.77. The van der Waals surface area contributed by atoms with Crippen LogP contribution < -0.4 is 21.3 Å². The van der Waals surface area contributed by atoms with Gasteiger partial charge in [-0.15, -0.1) is 0 Å². The number of aryl methyl sites for hydroxylation is 1. The van der Waals surface area contributed by atoms with Gasteiger partial charge in [-0.3, -0.25) is 14.4 Å². The van der Waals surface area contributed by atoms with Crippen molar-refractivity contribution in [3.8, 4) is 0 Å². The molecule has 0 aliphatic carbocycles. The van der Waals surface area contributed by atoms with Gasteiger partial charge in [0, 0.05) is 24.2 Å². The van der Waals surface area contributed by atoms with Crippen molar-refractivity contribution >= 4 is 46.8 Å². The van der Waals surface area contributed by atoms with Crippen LogP contribution in [-0.4, -0.2) is 35.5 Å². The number of amides is 4. The molecule has 3 aromatic rings. The number of para-hydroxylation sites is 1. The van der Waals surface area contributed by atoms with Crippen LogP contribution in [0.25, 0.3) is 0 Å². The van der Waals surface area contributed by atoms with E-state index in [1.54, 1.807) is 36.4 Å². The van der Waals surface area contributed by atoms with Crippen molar-refractivity contribution in [2.24, 2.45) is 0 Å². The van der Waals surface area contributed by atoms with Crippen LogP contribution in [-0.2, 0) is 22.6 Å². The minimum Gasteiger partial charge on any atom is -0.481 e. The molecular weight excluding hydrogens is 484 g/mol. The number of nitrogens with one attached hydrogen (secondary N) is 4. The van der Waals surface area contributed by atoms with E-state index in [2.05, 4.69) is 21.3 Å². The highest BCUT2D eigenvalue weighted by atomic mass is 35.5. The first-order valence-corrected chi connectivity index (χ1v) is 11.5. The SMILES string of the molecule is O=C(O)CCc1cccc(Cl)c1NC(=O)CNC(=O)c1cccc(NC(=O)NCc2ccccc2)c1. The van der Waals surface area contributed by atoms with Gasteiger partial charge in [0.1, 0.15) is 0 Å². The van der Waals surface area contributed by atoms with Gasteiger partial charge in [-0.2, -0.15) is 0 Å². The van der Waals surface area contributed by atoms with Crippen molar-refractivity contribution in [1.82, 2.24) is 10.6 Å². The number of carboxylic acids is 1. The third kappa shape index (κ3) is 8.14. The molecule has 0 spiro atoms. The first-order valence-electron chi connectivity index (χ1n) is 11.1. The van der Waals surface area contributed by atoms with Crippen LogP contribution in [0.3, 0.4) is 0 Å². The van der Waals surface area contributed by atoms with Gasteiger partial charge in [-0.1, -0.05) is 60.1 Å². The Morgan fingerprint density at radius 3 is 2.33 bits per heavy atom. The summed E-state index contributed by atoms with van der Waals surface area (Å²) in [5, 5.41) is 19.7. The molecule has 10 heteroatoms. The number of carbonyl (C=O) groups is 4. The minimum absolute atomic E-state index is 0.116. The largest absolute Gasteiger partial charge is 0.481 e. The Balaban J connectivity index is 1.52. The van der Waals surface area contributed by atoms with Gasteiger partial charge in [0.15, 0.2) is 0 Å². The molecule has 0 unspecified atom stereocenters. The standard InChI is InChI=1S/C26H25ClN4O5/c27-21-11-5-8-18(12-13-23(33)34)24(21)31-22(32)16-28-25(35)19-9-4-10-20(14-19)30-26(36)29-15-17-6-2-1-3-7-17/h1-11,14H,12-13,15-16H2,(H,28,35)(H,31,32)(H,33,34)(H2,29,30,36). The molecule has 3 aromatic carbocycles. The van der Waals surface area contributed by atoms with Gasteiger partial charge in [0.2, 0.25) is 5.91 Å². The Labute approximate surface area is 212 Å². The molecule has 0 radical (unpaired) electrons. The second kappa shape index (κ2) is 12.9. The first-order chi connectivity index (χ1) is 17.3. The zero-order valence-electron chi connectivity index (χ0n) is 19.2. The number of aliphatic carboxylic acids is 1. The monoisotopic (exact) mass is 508 g/mol. The Morgan fingerprint density at radius 2 is 1.58 bits per heavy atom. The highest BCUT2D eigenvalue weighted by Gasteiger charge is 2.14. The van der Waals surface area contributed by atoms with Crippen LogP contribution in [0.4, 0.5) is 16.2 Å². The van der Waals surface area contributed by atoms with E-state index >= 15 is 0 Å². The van der Waals surface area contributed by atoms with Crippen molar-refractivity contribution in [3.63, 3.8) is 0 Å². The van der Waals surface area contributed by atoms with E-state index in [0.29, 0.717) is 23.5 Å². The van der Waals surface area contributed by atoms with E-state index in [4.69, 9.17) is 16.7 Å². The van der Waals surface area contributed by atoms with Crippen LogP contribution >= 0.6 is 11.6 Å². The Morgan fingerprint density at radius 1 is 0.833 bits per heavy atom. The first kappa shape index (κ1) is 26.2. The lowest BCUT2D eigenvalue weighted by Gasteiger charge is -2.13. The molecule has 186 valence electrons. The van der Waals surface area contributed by atoms with Gasteiger partial charge in [0.25, 0.3) is 5.91 Å². The van der Waals surface area contributed by atoms with E-state index in [9.17, 15) is 19.2 Å². The van der Waals surface area contributed by atoms with Gasteiger partial charge in [0.05, 0.1) is 17.3 Å². The summed E-state index contributed by atoms with van der Waals surface area (Å²) in [6.45, 7) is 0.0169. The molecule has 0 atom stereocenters. The molecule has 0 saturated carbocycles. The molecule has 0 aromatic heterocycles. The highest BCUT2D eigenvalue weighted by molar-refractivity contribution is 6.34. The maximum Gasteiger partial charge on any atom is 0.319 e. The molecule has 4 amide bonds. The molecule has 5 N–H and O–H groups in total. The molecule has 36 heavy (non-hydrogen) atoms. The summed E-state index contributed by atoms with van der Waals surface area (Å²) >= 11 is 6.17. The maximum atomic E-state index is 12.6. The molecule has 0 aliphatic rings.